The Bertz CT molecular complexity index is 419. The SMILES string of the molecule is CC(C)C1(C)OB(C2=CCC(C(C)(C)C)CC2)OC1(C)C. The van der Waals surface area contributed by atoms with Gasteiger partial charge in [0.2, 0.25) is 0 Å². The first-order valence-electron chi connectivity index (χ1n) is 8.52. The van der Waals surface area contributed by atoms with Crippen LogP contribution in [0.25, 0.3) is 0 Å². The average molecular weight is 292 g/mol. The fourth-order valence-electron chi connectivity index (χ4n) is 3.61. The summed E-state index contributed by atoms with van der Waals surface area (Å²) in [6, 6.07) is 0. The summed E-state index contributed by atoms with van der Waals surface area (Å²) in [6.45, 7) is 18.0. The lowest BCUT2D eigenvalue weighted by Gasteiger charge is -2.39. The highest BCUT2D eigenvalue weighted by Gasteiger charge is 2.56. The van der Waals surface area contributed by atoms with E-state index in [1.807, 2.05) is 0 Å². The molecule has 0 saturated carbocycles. The molecule has 1 fully saturated rings. The minimum atomic E-state index is -0.243. The minimum absolute atomic E-state index is 0.145. The summed E-state index contributed by atoms with van der Waals surface area (Å²) in [7, 11) is -0.145. The summed E-state index contributed by atoms with van der Waals surface area (Å²) in [5, 5.41) is 0. The maximum atomic E-state index is 6.40. The quantitative estimate of drug-likeness (QED) is 0.665. The maximum absolute atomic E-state index is 6.40. The predicted octanol–water partition coefficient (Wildman–Crippen LogP) is 5.03. The van der Waals surface area contributed by atoms with Crippen molar-refractivity contribution in [2.45, 2.75) is 85.9 Å². The highest BCUT2D eigenvalue weighted by Crippen LogP contribution is 2.46. The van der Waals surface area contributed by atoms with Crippen LogP contribution in [0.4, 0.5) is 0 Å². The molecule has 0 aromatic carbocycles. The Hall–Kier alpha value is -0.275. The average Bonchev–Trinajstić information content (AvgIpc) is 2.61. The van der Waals surface area contributed by atoms with Crippen molar-refractivity contribution in [2.75, 3.05) is 0 Å². The van der Waals surface area contributed by atoms with Crippen molar-refractivity contribution in [3.05, 3.63) is 11.5 Å². The van der Waals surface area contributed by atoms with Gasteiger partial charge in [0.25, 0.3) is 0 Å². The molecule has 1 saturated heterocycles. The van der Waals surface area contributed by atoms with Gasteiger partial charge in [-0.25, -0.2) is 0 Å². The lowest BCUT2D eigenvalue weighted by Crippen LogP contribution is -2.48. The van der Waals surface area contributed by atoms with Crippen molar-refractivity contribution in [1.29, 1.82) is 0 Å². The fourth-order valence-corrected chi connectivity index (χ4v) is 3.61. The van der Waals surface area contributed by atoms with Gasteiger partial charge in [0.05, 0.1) is 11.2 Å². The molecule has 0 spiro atoms. The molecule has 0 N–H and O–H groups in total. The predicted molar refractivity (Wildman–Crippen MR) is 90.1 cm³/mol. The zero-order valence-corrected chi connectivity index (χ0v) is 15.2. The van der Waals surface area contributed by atoms with Crippen molar-refractivity contribution in [2.24, 2.45) is 17.3 Å². The molecule has 120 valence electrons. The van der Waals surface area contributed by atoms with Gasteiger partial charge in [-0.15, -0.1) is 0 Å². The normalized spacial score (nSPS) is 33.5. The van der Waals surface area contributed by atoms with E-state index in [0.717, 1.165) is 18.8 Å². The van der Waals surface area contributed by atoms with E-state index in [9.17, 15) is 0 Å². The highest BCUT2D eigenvalue weighted by molar-refractivity contribution is 6.54. The topological polar surface area (TPSA) is 18.5 Å². The molecular weight excluding hydrogens is 259 g/mol. The van der Waals surface area contributed by atoms with Crippen molar-refractivity contribution in [1.82, 2.24) is 0 Å². The Morgan fingerprint density at radius 3 is 2.19 bits per heavy atom. The maximum Gasteiger partial charge on any atom is 0.490 e. The Balaban J connectivity index is 2.11. The van der Waals surface area contributed by atoms with Gasteiger partial charge >= 0.3 is 7.12 Å². The van der Waals surface area contributed by atoms with Crippen LogP contribution >= 0.6 is 0 Å². The Morgan fingerprint density at radius 2 is 1.81 bits per heavy atom. The van der Waals surface area contributed by atoms with Crippen molar-refractivity contribution >= 4 is 7.12 Å². The van der Waals surface area contributed by atoms with E-state index in [0.29, 0.717) is 11.3 Å². The molecule has 2 rings (SSSR count). The van der Waals surface area contributed by atoms with Crippen LogP contribution in [0.1, 0.15) is 74.7 Å². The van der Waals surface area contributed by atoms with Crippen molar-refractivity contribution < 1.29 is 9.31 Å². The molecular formula is C18H33BO2. The van der Waals surface area contributed by atoms with Crippen LogP contribution in [0, 0.1) is 17.3 Å². The molecule has 3 heteroatoms. The third kappa shape index (κ3) is 3.10. The van der Waals surface area contributed by atoms with Crippen LogP contribution < -0.4 is 0 Å². The second-order valence-electron chi connectivity index (χ2n) is 8.96. The molecule has 21 heavy (non-hydrogen) atoms. The van der Waals surface area contributed by atoms with Gasteiger partial charge in [-0.05, 0) is 62.8 Å². The van der Waals surface area contributed by atoms with Crippen LogP contribution in [0.2, 0.25) is 0 Å². The smallest absolute Gasteiger partial charge is 0.400 e. The minimum Gasteiger partial charge on any atom is -0.400 e. The van der Waals surface area contributed by atoms with Gasteiger partial charge in [0, 0.05) is 0 Å². The third-order valence-corrected chi connectivity index (χ3v) is 6.02. The first-order chi connectivity index (χ1) is 9.47. The summed E-state index contributed by atoms with van der Waals surface area (Å²) >= 11 is 0. The van der Waals surface area contributed by atoms with Gasteiger partial charge in [-0.2, -0.15) is 0 Å². The molecule has 0 amide bonds. The molecule has 2 atom stereocenters. The van der Waals surface area contributed by atoms with Gasteiger partial charge < -0.3 is 9.31 Å². The van der Waals surface area contributed by atoms with Gasteiger partial charge in [0.15, 0.2) is 0 Å². The van der Waals surface area contributed by atoms with E-state index >= 15 is 0 Å². The summed E-state index contributed by atoms with van der Waals surface area (Å²) < 4.78 is 12.7. The molecule has 2 nitrogen and oxygen atoms in total. The second-order valence-corrected chi connectivity index (χ2v) is 8.96. The molecule has 1 aliphatic heterocycles. The van der Waals surface area contributed by atoms with E-state index in [2.05, 4.69) is 61.5 Å². The number of hydrogen-bond acceptors (Lipinski definition) is 2. The van der Waals surface area contributed by atoms with Crippen LogP contribution in [0.3, 0.4) is 0 Å². The Labute approximate surface area is 131 Å². The van der Waals surface area contributed by atoms with E-state index in [-0.39, 0.29) is 18.3 Å². The van der Waals surface area contributed by atoms with E-state index in [4.69, 9.17) is 9.31 Å². The summed E-state index contributed by atoms with van der Waals surface area (Å²) in [4.78, 5) is 0. The fraction of sp³-hybridized carbons (Fsp3) is 0.889. The zero-order chi connectivity index (χ0) is 16.1. The molecule has 0 aromatic rings. The van der Waals surface area contributed by atoms with Crippen LogP contribution in [0.15, 0.2) is 11.5 Å². The number of allylic oxidation sites excluding steroid dienone is 2. The van der Waals surface area contributed by atoms with Gasteiger partial charge in [0.1, 0.15) is 0 Å². The van der Waals surface area contributed by atoms with Gasteiger partial charge in [-0.3, -0.25) is 0 Å². The first-order valence-corrected chi connectivity index (χ1v) is 8.52. The molecule has 0 bridgehead atoms. The Kier molecular flexibility index (Phi) is 4.41. The zero-order valence-electron chi connectivity index (χ0n) is 15.2. The molecule has 1 aliphatic carbocycles. The van der Waals surface area contributed by atoms with Crippen LogP contribution in [-0.4, -0.2) is 18.3 Å². The second kappa shape index (κ2) is 5.42. The first kappa shape index (κ1) is 17.1. The monoisotopic (exact) mass is 292 g/mol. The Morgan fingerprint density at radius 1 is 1.19 bits per heavy atom. The molecule has 0 aromatic heterocycles. The number of hydrogen-bond donors (Lipinski definition) is 0. The van der Waals surface area contributed by atoms with Crippen LogP contribution in [-0.2, 0) is 9.31 Å². The molecule has 2 unspecified atom stereocenters. The van der Waals surface area contributed by atoms with Crippen molar-refractivity contribution in [3.63, 3.8) is 0 Å². The summed E-state index contributed by atoms with van der Waals surface area (Å²) in [6.07, 6.45) is 5.89. The lowest BCUT2D eigenvalue weighted by molar-refractivity contribution is -0.0435. The van der Waals surface area contributed by atoms with E-state index in [1.165, 1.54) is 11.9 Å². The van der Waals surface area contributed by atoms with E-state index in [1.54, 1.807) is 0 Å². The highest BCUT2D eigenvalue weighted by atomic mass is 16.7. The van der Waals surface area contributed by atoms with Gasteiger partial charge in [-0.1, -0.05) is 40.7 Å². The van der Waals surface area contributed by atoms with E-state index < -0.39 is 0 Å². The summed E-state index contributed by atoms with van der Waals surface area (Å²) in [5.74, 6) is 1.20. The molecule has 0 radical (unpaired) electrons. The lowest BCUT2D eigenvalue weighted by atomic mass is 9.66. The van der Waals surface area contributed by atoms with Crippen LogP contribution in [0.5, 0.6) is 0 Å². The van der Waals surface area contributed by atoms with Crippen molar-refractivity contribution in [3.8, 4) is 0 Å². The number of rotatable bonds is 2. The third-order valence-electron chi connectivity index (χ3n) is 6.02. The standard InChI is InChI=1S/C18H33BO2/c1-13(2)18(8)17(6,7)20-19(21-18)15-11-9-14(10-12-15)16(3,4)5/h11,13-14H,9-10,12H2,1-8H3. The molecule has 1 heterocycles. The molecule has 2 aliphatic rings. The largest absolute Gasteiger partial charge is 0.490 e. The summed E-state index contributed by atoms with van der Waals surface area (Å²) in [5.41, 5.74) is 1.28.